The van der Waals surface area contributed by atoms with Crippen molar-refractivity contribution in [2.75, 3.05) is 5.75 Å². The molecule has 144 valence electrons. The van der Waals surface area contributed by atoms with Gasteiger partial charge in [0, 0.05) is 18.1 Å². The second-order valence-electron chi connectivity index (χ2n) is 6.89. The fraction of sp³-hybridized carbons (Fsp3) is 0.526. The first-order chi connectivity index (χ1) is 12.2. The van der Waals surface area contributed by atoms with Gasteiger partial charge in [-0.2, -0.15) is 12.6 Å². The van der Waals surface area contributed by atoms with Gasteiger partial charge < -0.3 is 16.4 Å². The van der Waals surface area contributed by atoms with Gasteiger partial charge in [-0.15, -0.1) is 0 Å². The van der Waals surface area contributed by atoms with Gasteiger partial charge in [-0.1, -0.05) is 44.2 Å². The Morgan fingerprint density at radius 3 is 2.15 bits per heavy atom. The second kappa shape index (κ2) is 10.9. The van der Waals surface area contributed by atoms with Crippen molar-refractivity contribution in [1.29, 1.82) is 0 Å². The van der Waals surface area contributed by atoms with Gasteiger partial charge >= 0.3 is 0 Å². The Kier molecular flexibility index (Phi) is 9.19. The van der Waals surface area contributed by atoms with Gasteiger partial charge in [-0.25, -0.2) is 0 Å². The third-order valence-electron chi connectivity index (χ3n) is 4.05. The van der Waals surface area contributed by atoms with Crippen LogP contribution < -0.4 is 16.4 Å². The lowest BCUT2D eigenvalue weighted by Crippen LogP contribution is -2.53. The molecule has 0 aliphatic heterocycles. The standard InChI is InChI=1S/C19H29N3O3S/c1-12(2)9-15(11-26)18(24)22-16(10-14-7-5-4-6-8-14)19(25)21-13(3)17(20)23/h4-8,12-13,15-16,26H,9-11H2,1-3H3,(H2,20,23)(H,21,25)(H,22,24)/t13-,15?,16-/m0/s1. The molecule has 7 heteroatoms. The number of primary amides is 1. The molecule has 0 aromatic heterocycles. The van der Waals surface area contributed by atoms with E-state index < -0.39 is 23.9 Å². The number of hydrogen-bond acceptors (Lipinski definition) is 4. The monoisotopic (exact) mass is 379 g/mol. The summed E-state index contributed by atoms with van der Waals surface area (Å²) in [5.41, 5.74) is 6.12. The van der Waals surface area contributed by atoms with E-state index in [1.807, 2.05) is 44.2 Å². The fourth-order valence-electron chi connectivity index (χ4n) is 2.57. The van der Waals surface area contributed by atoms with Crippen LogP contribution in [0, 0.1) is 11.8 Å². The summed E-state index contributed by atoms with van der Waals surface area (Å²) in [6.45, 7) is 5.58. The van der Waals surface area contributed by atoms with Crippen LogP contribution in [0.4, 0.5) is 0 Å². The van der Waals surface area contributed by atoms with Gasteiger partial charge in [0.25, 0.3) is 0 Å². The molecule has 0 aliphatic carbocycles. The van der Waals surface area contributed by atoms with Crippen LogP contribution in [0.1, 0.15) is 32.8 Å². The Morgan fingerprint density at radius 2 is 1.65 bits per heavy atom. The van der Waals surface area contributed by atoms with Crippen molar-refractivity contribution < 1.29 is 14.4 Å². The summed E-state index contributed by atoms with van der Waals surface area (Å²) in [5, 5.41) is 5.37. The highest BCUT2D eigenvalue weighted by Crippen LogP contribution is 2.14. The Labute approximate surface area is 160 Å². The summed E-state index contributed by atoms with van der Waals surface area (Å²) in [7, 11) is 0. The third kappa shape index (κ3) is 7.47. The van der Waals surface area contributed by atoms with Crippen LogP contribution >= 0.6 is 12.6 Å². The molecule has 0 radical (unpaired) electrons. The molecule has 3 amide bonds. The van der Waals surface area contributed by atoms with Crippen LogP contribution in [0.5, 0.6) is 0 Å². The molecule has 0 aliphatic rings. The van der Waals surface area contributed by atoms with E-state index in [0.717, 1.165) is 5.56 Å². The van der Waals surface area contributed by atoms with Crippen LogP contribution in [0.3, 0.4) is 0 Å². The Bertz CT molecular complexity index is 607. The number of benzene rings is 1. The molecule has 4 N–H and O–H groups in total. The van der Waals surface area contributed by atoms with Crippen molar-refractivity contribution in [2.45, 2.75) is 45.7 Å². The van der Waals surface area contributed by atoms with Crippen molar-refractivity contribution >= 4 is 30.4 Å². The maximum atomic E-state index is 12.6. The minimum Gasteiger partial charge on any atom is -0.368 e. The molecule has 1 unspecified atom stereocenters. The Balaban J connectivity index is 2.90. The number of amides is 3. The fourth-order valence-corrected chi connectivity index (χ4v) is 2.88. The molecule has 1 rings (SSSR count). The molecular formula is C19H29N3O3S. The predicted octanol–water partition coefficient (Wildman–Crippen LogP) is 1.30. The number of nitrogens with one attached hydrogen (secondary N) is 2. The molecular weight excluding hydrogens is 350 g/mol. The minimum absolute atomic E-state index is 0.212. The van der Waals surface area contributed by atoms with E-state index in [0.29, 0.717) is 24.5 Å². The molecule has 0 saturated heterocycles. The third-order valence-corrected chi connectivity index (χ3v) is 4.49. The number of hydrogen-bond donors (Lipinski definition) is 4. The van der Waals surface area contributed by atoms with Crippen LogP contribution in [-0.2, 0) is 20.8 Å². The first-order valence-corrected chi connectivity index (χ1v) is 9.42. The summed E-state index contributed by atoms with van der Waals surface area (Å²) < 4.78 is 0. The highest BCUT2D eigenvalue weighted by atomic mass is 32.1. The van der Waals surface area contributed by atoms with Gasteiger partial charge in [0.1, 0.15) is 12.1 Å². The molecule has 0 spiro atoms. The molecule has 0 heterocycles. The number of carbonyl (C=O) groups is 3. The molecule has 0 saturated carbocycles. The zero-order valence-electron chi connectivity index (χ0n) is 15.6. The van der Waals surface area contributed by atoms with Crippen LogP contribution in [-0.4, -0.2) is 35.6 Å². The SMILES string of the molecule is CC(C)CC(CS)C(=O)N[C@@H](Cc1ccccc1)C(=O)N[C@@H](C)C(N)=O. The van der Waals surface area contributed by atoms with Crippen LogP contribution in [0.2, 0.25) is 0 Å². The normalized spacial score (nSPS) is 14.3. The number of thiol groups is 1. The molecule has 6 nitrogen and oxygen atoms in total. The molecule has 26 heavy (non-hydrogen) atoms. The maximum Gasteiger partial charge on any atom is 0.243 e. The second-order valence-corrected chi connectivity index (χ2v) is 7.26. The average Bonchev–Trinajstić information content (AvgIpc) is 2.59. The highest BCUT2D eigenvalue weighted by molar-refractivity contribution is 7.80. The lowest BCUT2D eigenvalue weighted by atomic mass is 9.97. The minimum atomic E-state index is -0.811. The summed E-state index contributed by atoms with van der Waals surface area (Å²) >= 11 is 4.26. The number of carbonyl (C=O) groups excluding carboxylic acids is 3. The first-order valence-electron chi connectivity index (χ1n) is 8.79. The number of nitrogens with two attached hydrogens (primary N) is 1. The quantitative estimate of drug-likeness (QED) is 0.461. The van der Waals surface area contributed by atoms with Gasteiger partial charge in [0.05, 0.1) is 0 Å². The lowest BCUT2D eigenvalue weighted by Gasteiger charge is -2.23. The summed E-state index contributed by atoms with van der Waals surface area (Å²) in [4.78, 5) is 36.4. The van der Waals surface area contributed by atoms with Crippen molar-refractivity contribution in [3.63, 3.8) is 0 Å². The van der Waals surface area contributed by atoms with E-state index in [4.69, 9.17) is 5.73 Å². The Hall–Kier alpha value is -2.02. The number of rotatable bonds is 10. The van der Waals surface area contributed by atoms with E-state index in [1.165, 1.54) is 6.92 Å². The van der Waals surface area contributed by atoms with Gasteiger partial charge in [0.15, 0.2) is 0 Å². The van der Waals surface area contributed by atoms with Crippen LogP contribution in [0.25, 0.3) is 0 Å². The van der Waals surface area contributed by atoms with E-state index in [9.17, 15) is 14.4 Å². The largest absolute Gasteiger partial charge is 0.368 e. The average molecular weight is 380 g/mol. The highest BCUT2D eigenvalue weighted by Gasteiger charge is 2.27. The predicted molar refractivity (Wildman–Crippen MR) is 106 cm³/mol. The van der Waals surface area contributed by atoms with E-state index in [1.54, 1.807) is 0 Å². The molecule has 0 fully saturated rings. The zero-order chi connectivity index (χ0) is 19.7. The van der Waals surface area contributed by atoms with Gasteiger partial charge in [-0.05, 0) is 24.8 Å². The van der Waals surface area contributed by atoms with E-state index >= 15 is 0 Å². The van der Waals surface area contributed by atoms with E-state index in [2.05, 4.69) is 23.3 Å². The molecule has 1 aromatic rings. The summed E-state index contributed by atoms with van der Waals surface area (Å²) in [6, 6.07) is 7.78. The molecule has 0 bridgehead atoms. The summed E-state index contributed by atoms with van der Waals surface area (Å²) in [6.07, 6.45) is 1.01. The van der Waals surface area contributed by atoms with Crippen molar-refractivity contribution in [1.82, 2.24) is 10.6 Å². The molecule has 3 atom stereocenters. The van der Waals surface area contributed by atoms with Crippen molar-refractivity contribution in [3.05, 3.63) is 35.9 Å². The van der Waals surface area contributed by atoms with Crippen LogP contribution in [0.15, 0.2) is 30.3 Å². The Morgan fingerprint density at radius 1 is 1.04 bits per heavy atom. The van der Waals surface area contributed by atoms with Gasteiger partial charge in [-0.3, -0.25) is 14.4 Å². The molecule has 1 aromatic carbocycles. The topological polar surface area (TPSA) is 101 Å². The van der Waals surface area contributed by atoms with E-state index in [-0.39, 0.29) is 11.8 Å². The smallest absolute Gasteiger partial charge is 0.243 e. The first kappa shape index (κ1) is 22.0. The van der Waals surface area contributed by atoms with Crippen molar-refractivity contribution in [2.24, 2.45) is 17.6 Å². The summed E-state index contributed by atoms with van der Waals surface area (Å²) in [5.74, 6) is -0.808. The lowest BCUT2D eigenvalue weighted by molar-refractivity contribution is -0.132. The van der Waals surface area contributed by atoms with Crippen molar-refractivity contribution in [3.8, 4) is 0 Å². The van der Waals surface area contributed by atoms with Gasteiger partial charge in [0.2, 0.25) is 17.7 Å². The zero-order valence-corrected chi connectivity index (χ0v) is 16.5. The maximum absolute atomic E-state index is 12.6.